The van der Waals surface area contributed by atoms with Gasteiger partial charge in [-0.25, -0.2) is 19.3 Å². The molecule has 0 fully saturated rings. The summed E-state index contributed by atoms with van der Waals surface area (Å²) in [4.78, 5) is 23.6. The predicted molar refractivity (Wildman–Crippen MR) is 142 cm³/mol. The number of benzene rings is 1. The fraction of sp³-hybridized carbons (Fsp3) is 0.179. The summed E-state index contributed by atoms with van der Waals surface area (Å²) in [6.45, 7) is 0.949. The zero-order valence-corrected chi connectivity index (χ0v) is 20.5. The smallest absolute Gasteiger partial charge is 0.181 e. The number of aryl methyl sites for hydroxylation is 1. The van der Waals surface area contributed by atoms with Crippen molar-refractivity contribution in [1.29, 1.82) is 0 Å². The normalized spacial score (nSPS) is 11.7. The van der Waals surface area contributed by atoms with Crippen LogP contribution in [0.1, 0.15) is 12.0 Å². The van der Waals surface area contributed by atoms with Crippen LogP contribution in [0.15, 0.2) is 67.1 Å². The summed E-state index contributed by atoms with van der Waals surface area (Å²) in [6, 6.07) is 14.8. The first-order valence-corrected chi connectivity index (χ1v) is 12.1. The van der Waals surface area contributed by atoms with Crippen molar-refractivity contribution in [3.05, 3.63) is 78.5 Å². The first-order valence-electron chi connectivity index (χ1n) is 12.1. The zero-order valence-electron chi connectivity index (χ0n) is 20.5. The SMILES string of the molecule is CN(C)CCCc1cc(F)cc(-c2ccnc3nc(-c4[nH]nc5ncc(-c6ccccn6)cc45)[nH]c23)c1. The Hall–Kier alpha value is -4.50. The third kappa shape index (κ3) is 4.56. The molecule has 2 N–H and O–H groups in total. The molecule has 9 heteroatoms. The summed E-state index contributed by atoms with van der Waals surface area (Å²) in [5.74, 6) is 0.328. The second-order valence-electron chi connectivity index (χ2n) is 9.31. The molecule has 6 rings (SSSR count). The number of halogens is 1. The summed E-state index contributed by atoms with van der Waals surface area (Å²) >= 11 is 0. The summed E-state index contributed by atoms with van der Waals surface area (Å²) in [5, 5.41) is 8.23. The van der Waals surface area contributed by atoms with E-state index in [1.54, 1.807) is 30.7 Å². The Bertz CT molecular complexity index is 1700. The van der Waals surface area contributed by atoms with Crippen molar-refractivity contribution in [2.45, 2.75) is 12.8 Å². The van der Waals surface area contributed by atoms with E-state index in [-0.39, 0.29) is 5.82 Å². The Morgan fingerprint density at radius 2 is 1.84 bits per heavy atom. The third-order valence-corrected chi connectivity index (χ3v) is 6.34. The highest BCUT2D eigenvalue weighted by molar-refractivity contribution is 5.96. The molecule has 0 saturated carbocycles. The van der Waals surface area contributed by atoms with Crippen LogP contribution in [0.3, 0.4) is 0 Å². The van der Waals surface area contributed by atoms with E-state index in [9.17, 15) is 4.39 Å². The molecular formula is C28H25FN8. The molecule has 0 unspecified atom stereocenters. The quantitative estimate of drug-likeness (QED) is 0.315. The Morgan fingerprint density at radius 1 is 0.919 bits per heavy atom. The number of hydrogen-bond acceptors (Lipinski definition) is 6. The predicted octanol–water partition coefficient (Wildman–Crippen LogP) is 5.26. The van der Waals surface area contributed by atoms with Crippen LogP contribution in [0.25, 0.3) is 56.1 Å². The Kier molecular flexibility index (Phi) is 5.90. The molecule has 0 spiro atoms. The molecular weight excluding hydrogens is 467 g/mol. The lowest BCUT2D eigenvalue weighted by Crippen LogP contribution is -2.13. The number of pyridine rings is 3. The van der Waals surface area contributed by atoms with Crippen molar-refractivity contribution >= 4 is 22.2 Å². The van der Waals surface area contributed by atoms with Gasteiger partial charge >= 0.3 is 0 Å². The molecule has 184 valence electrons. The number of imidazole rings is 1. The first-order chi connectivity index (χ1) is 18.0. The molecule has 8 nitrogen and oxygen atoms in total. The van der Waals surface area contributed by atoms with Crippen molar-refractivity contribution in [2.24, 2.45) is 0 Å². The van der Waals surface area contributed by atoms with Crippen molar-refractivity contribution in [3.8, 4) is 33.9 Å². The van der Waals surface area contributed by atoms with Crippen LogP contribution in [-0.2, 0) is 6.42 Å². The van der Waals surface area contributed by atoms with Gasteiger partial charge in [-0.3, -0.25) is 10.1 Å². The zero-order chi connectivity index (χ0) is 25.4. The largest absolute Gasteiger partial charge is 0.335 e. The van der Waals surface area contributed by atoms with Gasteiger partial charge in [0.1, 0.15) is 11.5 Å². The first kappa shape index (κ1) is 22.9. The number of nitrogens with one attached hydrogen (secondary N) is 2. The maximum Gasteiger partial charge on any atom is 0.181 e. The van der Waals surface area contributed by atoms with Crippen molar-refractivity contribution in [1.82, 2.24) is 40.0 Å². The van der Waals surface area contributed by atoms with Gasteiger partial charge in [-0.15, -0.1) is 0 Å². The number of nitrogens with zero attached hydrogens (tertiary/aromatic N) is 6. The van der Waals surface area contributed by atoms with Crippen LogP contribution in [0.2, 0.25) is 0 Å². The standard InChI is InChI=1S/C28H25FN8/c1-37(2)11-5-6-17-12-18(14-20(29)13-17)21-8-10-31-27-24(21)33-28(34-27)25-22-15-19(16-32-26(22)36-35-25)23-7-3-4-9-30-23/h3-4,7-10,12-16H,5-6,11H2,1-2H3,(H,31,33,34)(H,32,35,36). The fourth-order valence-electron chi connectivity index (χ4n) is 4.57. The second-order valence-corrected chi connectivity index (χ2v) is 9.31. The van der Waals surface area contributed by atoms with E-state index in [0.717, 1.165) is 58.2 Å². The average molecular weight is 493 g/mol. The average Bonchev–Trinajstić information content (AvgIpc) is 3.52. The number of fused-ring (bicyclic) bond motifs is 2. The molecule has 0 saturated heterocycles. The van der Waals surface area contributed by atoms with E-state index < -0.39 is 0 Å². The van der Waals surface area contributed by atoms with Crippen LogP contribution < -0.4 is 0 Å². The van der Waals surface area contributed by atoms with Gasteiger partial charge in [0, 0.05) is 29.7 Å². The molecule has 0 bridgehead atoms. The maximum atomic E-state index is 14.6. The number of rotatable bonds is 7. The minimum Gasteiger partial charge on any atom is -0.335 e. The van der Waals surface area contributed by atoms with E-state index in [0.29, 0.717) is 22.8 Å². The Balaban J connectivity index is 1.41. The van der Waals surface area contributed by atoms with Crippen LogP contribution >= 0.6 is 0 Å². The van der Waals surface area contributed by atoms with Gasteiger partial charge in [0.25, 0.3) is 0 Å². The third-order valence-electron chi connectivity index (χ3n) is 6.34. The highest BCUT2D eigenvalue weighted by Gasteiger charge is 2.17. The molecule has 0 atom stereocenters. The summed E-state index contributed by atoms with van der Waals surface area (Å²) in [7, 11) is 4.08. The van der Waals surface area contributed by atoms with Crippen LogP contribution in [0.5, 0.6) is 0 Å². The molecule has 1 aromatic carbocycles. The van der Waals surface area contributed by atoms with E-state index in [1.165, 1.54) is 0 Å². The number of hydrogen-bond donors (Lipinski definition) is 2. The molecule has 0 aliphatic heterocycles. The molecule has 0 amide bonds. The molecule has 0 aliphatic rings. The van der Waals surface area contributed by atoms with Gasteiger partial charge in [0.05, 0.1) is 16.6 Å². The molecule has 37 heavy (non-hydrogen) atoms. The maximum absolute atomic E-state index is 14.6. The van der Waals surface area contributed by atoms with Gasteiger partial charge in [0.2, 0.25) is 0 Å². The van der Waals surface area contributed by atoms with Gasteiger partial charge in [0.15, 0.2) is 17.1 Å². The lowest BCUT2D eigenvalue weighted by molar-refractivity contribution is 0.400. The highest BCUT2D eigenvalue weighted by atomic mass is 19.1. The molecule has 5 aromatic heterocycles. The second kappa shape index (κ2) is 9.51. The Labute approximate surface area is 212 Å². The van der Waals surface area contributed by atoms with Gasteiger partial charge < -0.3 is 9.88 Å². The molecule has 0 aliphatic carbocycles. The van der Waals surface area contributed by atoms with E-state index in [4.69, 9.17) is 4.98 Å². The number of aromatic nitrogens is 7. The van der Waals surface area contributed by atoms with E-state index in [2.05, 4.69) is 35.0 Å². The summed E-state index contributed by atoms with van der Waals surface area (Å²) < 4.78 is 14.6. The highest BCUT2D eigenvalue weighted by Crippen LogP contribution is 2.32. The lowest BCUT2D eigenvalue weighted by Gasteiger charge is -2.10. The fourth-order valence-corrected chi connectivity index (χ4v) is 4.57. The van der Waals surface area contributed by atoms with Crippen LogP contribution in [-0.4, -0.2) is 60.7 Å². The van der Waals surface area contributed by atoms with Crippen LogP contribution in [0.4, 0.5) is 4.39 Å². The van der Waals surface area contributed by atoms with Crippen molar-refractivity contribution in [2.75, 3.05) is 20.6 Å². The minimum atomic E-state index is -0.255. The summed E-state index contributed by atoms with van der Waals surface area (Å²) in [5.41, 5.74) is 6.86. The number of H-pyrrole nitrogens is 2. The van der Waals surface area contributed by atoms with Gasteiger partial charge in [-0.1, -0.05) is 12.1 Å². The molecule has 0 radical (unpaired) electrons. The minimum absolute atomic E-state index is 0.255. The van der Waals surface area contributed by atoms with E-state index >= 15 is 0 Å². The Morgan fingerprint density at radius 3 is 2.68 bits per heavy atom. The van der Waals surface area contributed by atoms with Crippen molar-refractivity contribution < 1.29 is 4.39 Å². The number of aromatic amines is 2. The monoisotopic (exact) mass is 492 g/mol. The topological polar surface area (TPSA) is 99.3 Å². The van der Waals surface area contributed by atoms with Gasteiger partial charge in [-0.2, -0.15) is 5.10 Å². The van der Waals surface area contributed by atoms with Crippen LogP contribution in [0, 0.1) is 5.82 Å². The van der Waals surface area contributed by atoms with Crippen molar-refractivity contribution in [3.63, 3.8) is 0 Å². The van der Waals surface area contributed by atoms with E-state index in [1.807, 2.05) is 50.5 Å². The molecule has 6 aromatic rings. The lowest BCUT2D eigenvalue weighted by atomic mass is 10.0. The van der Waals surface area contributed by atoms with Gasteiger partial charge in [-0.05, 0) is 81.0 Å². The summed E-state index contributed by atoms with van der Waals surface area (Å²) in [6.07, 6.45) is 6.97. The molecule has 5 heterocycles.